The zero-order valence-electron chi connectivity index (χ0n) is 13.7. The highest BCUT2D eigenvalue weighted by atomic mass is 16.5. The number of phenols is 1. The van der Waals surface area contributed by atoms with Gasteiger partial charge < -0.3 is 14.7 Å². The highest BCUT2D eigenvalue weighted by Crippen LogP contribution is 2.28. The summed E-state index contributed by atoms with van der Waals surface area (Å²) >= 11 is 0. The number of carbonyl (C=O) groups is 1. The van der Waals surface area contributed by atoms with Crippen molar-refractivity contribution in [2.24, 2.45) is 5.92 Å². The lowest BCUT2D eigenvalue weighted by Crippen LogP contribution is -2.37. The summed E-state index contributed by atoms with van der Waals surface area (Å²) in [7, 11) is 0. The number of aromatic nitrogens is 2. The van der Waals surface area contributed by atoms with Crippen LogP contribution >= 0.6 is 0 Å². The first-order valence-electron chi connectivity index (χ1n) is 8.22. The van der Waals surface area contributed by atoms with Crippen molar-refractivity contribution in [2.75, 3.05) is 24.6 Å². The lowest BCUT2D eigenvalue weighted by molar-refractivity contribution is -0.148. The maximum Gasteiger partial charge on any atom is 0.309 e. The first-order valence-corrected chi connectivity index (χ1v) is 8.22. The van der Waals surface area contributed by atoms with Gasteiger partial charge >= 0.3 is 5.97 Å². The lowest BCUT2D eigenvalue weighted by Gasteiger charge is -2.30. The molecule has 0 saturated carbocycles. The average molecular weight is 327 g/mol. The van der Waals surface area contributed by atoms with Crippen LogP contribution in [0.5, 0.6) is 5.75 Å². The van der Waals surface area contributed by atoms with Gasteiger partial charge in [-0.1, -0.05) is 12.1 Å². The van der Waals surface area contributed by atoms with Crippen LogP contribution in [0.25, 0.3) is 11.3 Å². The van der Waals surface area contributed by atoms with Crippen molar-refractivity contribution in [1.82, 2.24) is 9.97 Å². The Morgan fingerprint density at radius 3 is 2.75 bits per heavy atom. The molecule has 1 aliphatic rings. The van der Waals surface area contributed by atoms with E-state index in [4.69, 9.17) is 4.74 Å². The van der Waals surface area contributed by atoms with Crippen LogP contribution in [0.15, 0.2) is 36.5 Å². The number of piperidine rings is 1. The molecule has 2 aromatic rings. The minimum atomic E-state index is -0.110. The number of aromatic hydroxyl groups is 1. The number of carbonyl (C=O) groups excluding carboxylic acids is 1. The second kappa shape index (κ2) is 7.29. The second-order valence-electron chi connectivity index (χ2n) is 5.77. The van der Waals surface area contributed by atoms with E-state index in [1.807, 2.05) is 19.1 Å². The molecule has 1 saturated heterocycles. The molecule has 1 aromatic heterocycles. The van der Waals surface area contributed by atoms with Crippen LogP contribution < -0.4 is 4.90 Å². The first kappa shape index (κ1) is 16.2. The highest BCUT2D eigenvalue weighted by Gasteiger charge is 2.27. The van der Waals surface area contributed by atoms with Crippen LogP contribution in [0.2, 0.25) is 0 Å². The van der Waals surface area contributed by atoms with E-state index in [-0.39, 0.29) is 17.6 Å². The predicted octanol–water partition coefficient (Wildman–Crippen LogP) is 2.63. The van der Waals surface area contributed by atoms with Crippen molar-refractivity contribution in [3.05, 3.63) is 36.5 Å². The molecule has 1 fully saturated rings. The molecule has 0 spiro atoms. The molecule has 6 nitrogen and oxygen atoms in total. The second-order valence-corrected chi connectivity index (χ2v) is 5.77. The summed E-state index contributed by atoms with van der Waals surface area (Å²) in [6.45, 7) is 3.68. The van der Waals surface area contributed by atoms with Crippen LogP contribution in [0.3, 0.4) is 0 Å². The lowest BCUT2D eigenvalue weighted by atomic mass is 9.97. The number of ether oxygens (including phenoxy) is 1. The number of esters is 1. The van der Waals surface area contributed by atoms with Crippen LogP contribution in [-0.2, 0) is 9.53 Å². The Kier molecular flexibility index (Phi) is 4.93. The highest BCUT2D eigenvalue weighted by molar-refractivity contribution is 5.73. The average Bonchev–Trinajstić information content (AvgIpc) is 2.62. The van der Waals surface area contributed by atoms with Gasteiger partial charge in [-0.05, 0) is 38.0 Å². The van der Waals surface area contributed by atoms with Crippen molar-refractivity contribution in [3.63, 3.8) is 0 Å². The van der Waals surface area contributed by atoms with Crippen molar-refractivity contribution >= 4 is 11.9 Å². The summed E-state index contributed by atoms with van der Waals surface area (Å²) in [5.74, 6) is 0.671. The number of hydrogen-bond donors (Lipinski definition) is 1. The first-order chi connectivity index (χ1) is 11.7. The van der Waals surface area contributed by atoms with E-state index in [2.05, 4.69) is 14.9 Å². The summed E-state index contributed by atoms with van der Waals surface area (Å²) in [4.78, 5) is 22.8. The van der Waals surface area contributed by atoms with Crippen LogP contribution in [-0.4, -0.2) is 40.7 Å². The Hall–Kier alpha value is -2.63. The molecule has 1 aliphatic heterocycles. The SMILES string of the molecule is CCOC(=O)C1CCN(c2nccc(-c3ccccc3O)n2)CC1. The van der Waals surface area contributed by atoms with Gasteiger partial charge in [-0.2, -0.15) is 0 Å². The molecule has 1 N–H and O–H groups in total. The normalized spacial score (nSPS) is 15.3. The van der Waals surface area contributed by atoms with Gasteiger partial charge in [0, 0.05) is 24.8 Å². The Bertz CT molecular complexity index is 712. The molecule has 0 bridgehead atoms. The molecule has 2 heterocycles. The van der Waals surface area contributed by atoms with E-state index in [9.17, 15) is 9.90 Å². The summed E-state index contributed by atoms with van der Waals surface area (Å²) < 4.78 is 5.10. The minimum Gasteiger partial charge on any atom is -0.507 e. The Morgan fingerprint density at radius 1 is 1.29 bits per heavy atom. The zero-order valence-corrected chi connectivity index (χ0v) is 13.7. The number of para-hydroxylation sites is 1. The van der Waals surface area contributed by atoms with Crippen molar-refractivity contribution in [2.45, 2.75) is 19.8 Å². The third-order valence-corrected chi connectivity index (χ3v) is 4.22. The van der Waals surface area contributed by atoms with E-state index in [0.29, 0.717) is 36.9 Å². The molecule has 24 heavy (non-hydrogen) atoms. The van der Waals surface area contributed by atoms with Crippen LogP contribution in [0.4, 0.5) is 5.95 Å². The Labute approximate surface area is 141 Å². The number of phenolic OH excluding ortho intramolecular Hbond substituents is 1. The van der Waals surface area contributed by atoms with Gasteiger partial charge in [0.2, 0.25) is 5.95 Å². The molecule has 1 aromatic carbocycles. The van der Waals surface area contributed by atoms with E-state index < -0.39 is 0 Å². The van der Waals surface area contributed by atoms with Gasteiger partial charge in [-0.3, -0.25) is 4.79 Å². The Morgan fingerprint density at radius 2 is 2.04 bits per heavy atom. The summed E-state index contributed by atoms with van der Waals surface area (Å²) in [5.41, 5.74) is 1.37. The number of hydrogen-bond acceptors (Lipinski definition) is 6. The van der Waals surface area contributed by atoms with Gasteiger partial charge in [0.15, 0.2) is 0 Å². The maximum absolute atomic E-state index is 11.8. The standard InChI is InChI=1S/C18H21N3O3/c1-2-24-17(23)13-8-11-21(12-9-13)18-19-10-7-15(20-18)14-5-3-4-6-16(14)22/h3-7,10,13,22H,2,8-9,11-12H2,1H3. The molecule has 3 rings (SSSR count). The zero-order chi connectivity index (χ0) is 16.9. The largest absolute Gasteiger partial charge is 0.507 e. The summed E-state index contributed by atoms with van der Waals surface area (Å²) in [5, 5.41) is 9.99. The quantitative estimate of drug-likeness (QED) is 0.870. The fourth-order valence-corrected chi connectivity index (χ4v) is 2.92. The fourth-order valence-electron chi connectivity index (χ4n) is 2.92. The van der Waals surface area contributed by atoms with E-state index >= 15 is 0 Å². The van der Waals surface area contributed by atoms with Gasteiger partial charge in [0.05, 0.1) is 18.2 Å². The molecule has 126 valence electrons. The van der Waals surface area contributed by atoms with Crippen molar-refractivity contribution in [1.29, 1.82) is 0 Å². The minimum absolute atomic E-state index is 0.0393. The van der Waals surface area contributed by atoms with Gasteiger partial charge in [-0.15, -0.1) is 0 Å². The maximum atomic E-state index is 11.8. The molecular weight excluding hydrogens is 306 g/mol. The van der Waals surface area contributed by atoms with Crippen LogP contribution in [0, 0.1) is 5.92 Å². The van der Waals surface area contributed by atoms with Crippen LogP contribution in [0.1, 0.15) is 19.8 Å². The molecule has 6 heteroatoms. The van der Waals surface area contributed by atoms with E-state index in [1.54, 1.807) is 24.4 Å². The topological polar surface area (TPSA) is 75.5 Å². The molecular formula is C18H21N3O3. The third kappa shape index (κ3) is 3.48. The monoisotopic (exact) mass is 327 g/mol. The van der Waals surface area contributed by atoms with E-state index in [1.165, 1.54) is 0 Å². The van der Waals surface area contributed by atoms with E-state index in [0.717, 1.165) is 12.8 Å². The molecule has 0 atom stereocenters. The van der Waals surface area contributed by atoms with Crippen molar-refractivity contribution in [3.8, 4) is 17.0 Å². The summed E-state index contributed by atoms with van der Waals surface area (Å²) in [6, 6.07) is 8.89. The third-order valence-electron chi connectivity index (χ3n) is 4.22. The van der Waals surface area contributed by atoms with Crippen molar-refractivity contribution < 1.29 is 14.6 Å². The fraction of sp³-hybridized carbons (Fsp3) is 0.389. The molecule has 0 amide bonds. The number of benzene rings is 1. The molecule has 0 unspecified atom stereocenters. The summed E-state index contributed by atoms with van der Waals surface area (Å²) in [6.07, 6.45) is 3.17. The molecule has 0 radical (unpaired) electrons. The number of anilines is 1. The number of nitrogens with zero attached hydrogens (tertiary/aromatic N) is 3. The predicted molar refractivity (Wildman–Crippen MR) is 90.7 cm³/mol. The van der Waals surface area contributed by atoms with Gasteiger partial charge in [0.1, 0.15) is 5.75 Å². The van der Waals surface area contributed by atoms with Gasteiger partial charge in [0.25, 0.3) is 0 Å². The number of rotatable bonds is 4. The Balaban J connectivity index is 1.72. The smallest absolute Gasteiger partial charge is 0.309 e. The van der Waals surface area contributed by atoms with Gasteiger partial charge in [-0.25, -0.2) is 9.97 Å². The molecule has 0 aliphatic carbocycles.